The molecule has 0 spiro atoms. The fraction of sp³-hybridized carbons (Fsp3) is 0.100. The fourth-order valence-corrected chi connectivity index (χ4v) is 4.75. The fourth-order valence-electron chi connectivity index (χ4n) is 2.46. The first-order chi connectivity index (χ1) is 13.4. The number of amides is 2. The molecule has 2 amide bonds. The quantitative estimate of drug-likeness (QED) is 0.377. The van der Waals surface area contributed by atoms with Gasteiger partial charge >= 0.3 is 0 Å². The zero-order chi connectivity index (χ0) is 20.3. The lowest BCUT2D eigenvalue weighted by Crippen LogP contribution is -2.28. The van der Waals surface area contributed by atoms with Crippen LogP contribution in [0.5, 0.6) is 5.75 Å². The lowest BCUT2D eigenvalue weighted by Gasteiger charge is -2.12. The van der Waals surface area contributed by atoms with Crippen molar-refractivity contribution >= 4 is 60.8 Å². The van der Waals surface area contributed by atoms with Gasteiger partial charge in [-0.1, -0.05) is 18.1 Å². The highest BCUT2D eigenvalue weighted by molar-refractivity contribution is 9.11. The van der Waals surface area contributed by atoms with Gasteiger partial charge in [0.15, 0.2) is 0 Å². The first-order valence-electron chi connectivity index (χ1n) is 7.94. The molecule has 4 nitrogen and oxygen atoms in total. The Morgan fingerprint density at radius 1 is 1.21 bits per heavy atom. The predicted molar refractivity (Wildman–Crippen MR) is 114 cm³/mol. The zero-order valence-corrected chi connectivity index (χ0v) is 18.2. The monoisotopic (exact) mass is 523 g/mol. The van der Waals surface area contributed by atoms with E-state index in [1.165, 1.54) is 12.1 Å². The Hall–Kier alpha value is -2.08. The molecule has 3 rings (SSSR count). The van der Waals surface area contributed by atoms with Gasteiger partial charge in [-0.25, -0.2) is 4.39 Å². The van der Waals surface area contributed by atoms with Crippen molar-refractivity contribution in [2.75, 3.05) is 6.54 Å². The summed E-state index contributed by atoms with van der Waals surface area (Å²) in [4.78, 5) is 25.5. The maximum Gasteiger partial charge on any atom is 0.294 e. The molecule has 0 saturated carbocycles. The molecule has 28 heavy (non-hydrogen) atoms. The largest absolute Gasteiger partial charge is 0.487 e. The van der Waals surface area contributed by atoms with Gasteiger partial charge in [0.25, 0.3) is 11.1 Å². The van der Waals surface area contributed by atoms with Gasteiger partial charge in [0.05, 0.1) is 20.4 Å². The molecule has 1 aliphatic rings. The standard InChI is InChI=1S/C20H12Br2FNO3S/c1-2-6-24-19(25)17(28-20(24)26)10-13-8-15(21)18(16(22)9-13)27-11-12-4-3-5-14(23)7-12/h1,3-5,7-10H,6,11H2/b17-10+. The topological polar surface area (TPSA) is 46.6 Å². The van der Waals surface area contributed by atoms with Crippen LogP contribution in [0, 0.1) is 18.2 Å². The molecule has 1 fully saturated rings. The minimum Gasteiger partial charge on any atom is -0.487 e. The SMILES string of the molecule is C#CCN1C(=O)S/C(=C/c2cc(Br)c(OCc3cccc(F)c3)c(Br)c2)C1=O. The third-order valence-corrected chi connectivity index (χ3v) is 5.80. The minimum atomic E-state index is -0.411. The Labute approximate surface area is 182 Å². The van der Waals surface area contributed by atoms with Gasteiger partial charge in [0, 0.05) is 0 Å². The third kappa shape index (κ3) is 4.66. The van der Waals surface area contributed by atoms with Crippen molar-refractivity contribution in [1.82, 2.24) is 4.90 Å². The predicted octanol–water partition coefficient (Wildman–Crippen LogP) is 5.60. The molecule has 0 aliphatic carbocycles. The number of terminal acetylenes is 1. The molecule has 1 heterocycles. The lowest BCUT2D eigenvalue weighted by atomic mass is 10.2. The molecule has 8 heteroatoms. The lowest BCUT2D eigenvalue weighted by molar-refractivity contribution is -0.122. The zero-order valence-electron chi connectivity index (χ0n) is 14.2. The Morgan fingerprint density at radius 2 is 1.93 bits per heavy atom. The van der Waals surface area contributed by atoms with Crippen molar-refractivity contribution in [1.29, 1.82) is 0 Å². The van der Waals surface area contributed by atoms with E-state index in [1.54, 1.807) is 30.3 Å². The van der Waals surface area contributed by atoms with Crippen LogP contribution in [0.15, 0.2) is 50.2 Å². The van der Waals surface area contributed by atoms with Crippen molar-refractivity contribution in [3.63, 3.8) is 0 Å². The van der Waals surface area contributed by atoms with Crippen molar-refractivity contribution < 1.29 is 18.7 Å². The summed E-state index contributed by atoms with van der Waals surface area (Å²) in [6.07, 6.45) is 6.81. The highest BCUT2D eigenvalue weighted by atomic mass is 79.9. The number of carbonyl (C=O) groups is 2. The maximum absolute atomic E-state index is 13.3. The maximum atomic E-state index is 13.3. The Kier molecular flexibility index (Phi) is 6.60. The number of benzene rings is 2. The molecular formula is C20H12Br2FNO3S. The van der Waals surface area contributed by atoms with Gasteiger partial charge in [0.1, 0.15) is 18.2 Å². The van der Waals surface area contributed by atoms with E-state index in [4.69, 9.17) is 11.2 Å². The van der Waals surface area contributed by atoms with Crippen LogP contribution in [-0.4, -0.2) is 22.6 Å². The van der Waals surface area contributed by atoms with Crippen LogP contribution in [0.2, 0.25) is 0 Å². The average molecular weight is 525 g/mol. The van der Waals surface area contributed by atoms with Crippen LogP contribution in [0.4, 0.5) is 9.18 Å². The smallest absolute Gasteiger partial charge is 0.294 e. The number of halogens is 3. The van der Waals surface area contributed by atoms with Gasteiger partial charge in [-0.3, -0.25) is 14.5 Å². The Balaban J connectivity index is 1.79. The summed E-state index contributed by atoms with van der Waals surface area (Å²) >= 11 is 7.74. The summed E-state index contributed by atoms with van der Waals surface area (Å²) in [7, 11) is 0. The molecule has 0 aromatic heterocycles. The number of thioether (sulfide) groups is 1. The second-order valence-electron chi connectivity index (χ2n) is 5.70. The highest BCUT2D eigenvalue weighted by Gasteiger charge is 2.34. The van der Waals surface area contributed by atoms with Crippen LogP contribution in [0.3, 0.4) is 0 Å². The van der Waals surface area contributed by atoms with E-state index in [9.17, 15) is 14.0 Å². The van der Waals surface area contributed by atoms with E-state index in [1.807, 2.05) is 0 Å². The van der Waals surface area contributed by atoms with Gasteiger partial charge in [-0.05, 0) is 85.1 Å². The first kappa shape index (κ1) is 20.6. The number of rotatable bonds is 5. The number of ether oxygens (including phenoxy) is 1. The molecule has 0 atom stereocenters. The summed E-state index contributed by atoms with van der Waals surface area (Å²) in [5.41, 5.74) is 1.40. The summed E-state index contributed by atoms with van der Waals surface area (Å²) < 4.78 is 20.4. The van der Waals surface area contributed by atoms with E-state index in [0.29, 0.717) is 30.7 Å². The van der Waals surface area contributed by atoms with Gasteiger partial charge in [0.2, 0.25) is 0 Å². The molecule has 0 N–H and O–H groups in total. The second-order valence-corrected chi connectivity index (χ2v) is 8.41. The van der Waals surface area contributed by atoms with E-state index in [2.05, 4.69) is 37.8 Å². The van der Waals surface area contributed by atoms with Crippen LogP contribution >= 0.6 is 43.6 Å². The minimum absolute atomic E-state index is 0.0533. The van der Waals surface area contributed by atoms with Gasteiger partial charge in [-0.2, -0.15) is 0 Å². The molecule has 0 radical (unpaired) electrons. The van der Waals surface area contributed by atoms with E-state index in [0.717, 1.165) is 16.7 Å². The average Bonchev–Trinajstić information content (AvgIpc) is 2.89. The number of nitrogens with zero attached hydrogens (tertiary/aromatic N) is 1. The van der Waals surface area contributed by atoms with Crippen LogP contribution in [0.1, 0.15) is 11.1 Å². The summed E-state index contributed by atoms with van der Waals surface area (Å²) in [6.45, 7) is 0.140. The molecule has 2 aromatic carbocycles. The van der Waals surface area contributed by atoms with E-state index < -0.39 is 5.91 Å². The van der Waals surface area contributed by atoms with Gasteiger partial charge in [-0.15, -0.1) is 6.42 Å². The third-order valence-electron chi connectivity index (χ3n) is 3.71. The molecule has 1 aliphatic heterocycles. The van der Waals surface area contributed by atoms with Crippen LogP contribution in [0.25, 0.3) is 6.08 Å². The van der Waals surface area contributed by atoms with Crippen molar-refractivity contribution in [2.24, 2.45) is 0 Å². The molecule has 2 aromatic rings. The van der Waals surface area contributed by atoms with Crippen LogP contribution in [-0.2, 0) is 11.4 Å². The molecule has 1 saturated heterocycles. The normalized spacial score (nSPS) is 15.2. The highest BCUT2D eigenvalue weighted by Crippen LogP contribution is 2.38. The number of carbonyl (C=O) groups excluding carboxylic acids is 2. The van der Waals surface area contributed by atoms with Crippen LogP contribution < -0.4 is 4.74 Å². The van der Waals surface area contributed by atoms with Crippen molar-refractivity contribution in [3.8, 4) is 18.1 Å². The summed E-state index contributed by atoms with van der Waals surface area (Å²) in [6, 6.07) is 9.69. The van der Waals surface area contributed by atoms with Crippen molar-refractivity contribution in [2.45, 2.75) is 6.61 Å². The Morgan fingerprint density at radius 3 is 2.57 bits per heavy atom. The number of hydrogen-bond donors (Lipinski definition) is 0. The molecule has 0 bridgehead atoms. The number of imide groups is 1. The van der Waals surface area contributed by atoms with Crippen molar-refractivity contribution in [3.05, 3.63) is 67.2 Å². The second kappa shape index (κ2) is 8.95. The van der Waals surface area contributed by atoms with Gasteiger partial charge < -0.3 is 4.74 Å². The first-order valence-corrected chi connectivity index (χ1v) is 10.3. The summed E-state index contributed by atoms with van der Waals surface area (Å²) in [5, 5.41) is -0.387. The van der Waals surface area contributed by atoms with E-state index in [-0.39, 0.29) is 24.2 Å². The molecule has 142 valence electrons. The Bertz CT molecular complexity index is 1010. The molecular weight excluding hydrogens is 513 g/mol. The molecule has 0 unspecified atom stereocenters. The van der Waals surface area contributed by atoms with E-state index >= 15 is 0 Å². The summed E-state index contributed by atoms with van der Waals surface area (Å²) in [5.74, 6) is 2.11. The number of hydrogen-bond acceptors (Lipinski definition) is 4.